The lowest BCUT2D eigenvalue weighted by Crippen LogP contribution is -2.43. The average molecular weight is 310 g/mol. The molecule has 0 saturated heterocycles. The van der Waals surface area contributed by atoms with E-state index in [4.69, 9.17) is 5.11 Å². The van der Waals surface area contributed by atoms with Gasteiger partial charge in [-0.05, 0) is 45.4 Å². The first-order chi connectivity index (χ1) is 9.63. The zero-order valence-corrected chi connectivity index (χ0v) is 13.6. The number of anilines is 1. The summed E-state index contributed by atoms with van der Waals surface area (Å²) in [5.41, 5.74) is 1.36. The first kappa shape index (κ1) is 17.5. The molecule has 0 aliphatic carbocycles. The van der Waals surface area contributed by atoms with E-state index >= 15 is 0 Å². The summed E-state index contributed by atoms with van der Waals surface area (Å²) in [6.45, 7) is 7.16. The van der Waals surface area contributed by atoms with Crippen LogP contribution in [-0.2, 0) is 10.2 Å². The van der Waals surface area contributed by atoms with E-state index in [0.29, 0.717) is 17.7 Å². The second kappa shape index (κ2) is 6.94. The highest BCUT2D eigenvalue weighted by molar-refractivity contribution is 7.90. The number of aryl methyl sites for hydroxylation is 1. The topological polar surface area (TPSA) is 78.4 Å². The molecule has 0 aromatic heterocycles. The molecule has 0 amide bonds. The zero-order chi connectivity index (χ0) is 16.1. The maximum atomic E-state index is 12.1. The molecule has 116 valence electrons. The third-order valence-corrected chi connectivity index (χ3v) is 3.69. The quantitative estimate of drug-likeness (QED) is 0.742. The predicted molar refractivity (Wildman–Crippen MR) is 85.2 cm³/mol. The molecule has 0 radical (unpaired) electrons. The van der Waals surface area contributed by atoms with Crippen LogP contribution in [0, 0.1) is 18.8 Å². The minimum atomic E-state index is -3.68. The van der Waals surface area contributed by atoms with E-state index in [1.807, 2.05) is 13.0 Å². The van der Waals surface area contributed by atoms with Gasteiger partial charge in [-0.2, -0.15) is 13.1 Å². The smallest absolute Gasteiger partial charge is 0.299 e. The van der Waals surface area contributed by atoms with Crippen molar-refractivity contribution in [1.29, 1.82) is 0 Å². The number of hydrogen-bond acceptors (Lipinski definition) is 3. The van der Waals surface area contributed by atoms with Crippen molar-refractivity contribution in [2.75, 3.05) is 11.3 Å². The van der Waals surface area contributed by atoms with Gasteiger partial charge in [-0.3, -0.25) is 4.72 Å². The number of nitrogens with one attached hydrogen (secondary N) is 2. The van der Waals surface area contributed by atoms with Gasteiger partial charge in [0.25, 0.3) is 10.2 Å². The van der Waals surface area contributed by atoms with Gasteiger partial charge < -0.3 is 5.11 Å². The van der Waals surface area contributed by atoms with Crippen molar-refractivity contribution < 1.29 is 13.5 Å². The van der Waals surface area contributed by atoms with Crippen molar-refractivity contribution >= 4 is 15.9 Å². The van der Waals surface area contributed by atoms with E-state index in [1.165, 1.54) is 0 Å². The lowest BCUT2D eigenvalue weighted by molar-refractivity contribution is 0.305. The lowest BCUT2D eigenvalue weighted by Gasteiger charge is -2.21. The fourth-order valence-corrected chi connectivity index (χ4v) is 2.95. The Morgan fingerprint density at radius 1 is 1.29 bits per heavy atom. The normalized spacial score (nSPS) is 11.7. The van der Waals surface area contributed by atoms with E-state index in [9.17, 15) is 8.42 Å². The summed E-state index contributed by atoms with van der Waals surface area (Å²) in [4.78, 5) is 0. The number of rotatable bonds is 4. The van der Waals surface area contributed by atoms with Crippen LogP contribution in [-0.4, -0.2) is 25.7 Å². The Bertz CT molecular complexity index is 650. The van der Waals surface area contributed by atoms with Crippen LogP contribution in [0.2, 0.25) is 0 Å². The summed E-state index contributed by atoms with van der Waals surface area (Å²) in [5, 5.41) is 8.75. The molecule has 6 heteroatoms. The Kier molecular flexibility index (Phi) is 5.78. The van der Waals surface area contributed by atoms with Crippen molar-refractivity contribution in [2.45, 2.75) is 39.7 Å². The summed E-state index contributed by atoms with van der Waals surface area (Å²) < 4.78 is 29.2. The Labute approximate surface area is 127 Å². The number of benzene rings is 1. The molecule has 1 aromatic carbocycles. The molecule has 3 N–H and O–H groups in total. The van der Waals surface area contributed by atoms with Gasteiger partial charge in [-0.1, -0.05) is 17.9 Å². The van der Waals surface area contributed by atoms with Gasteiger partial charge in [0.1, 0.15) is 0 Å². The lowest BCUT2D eigenvalue weighted by atomic mass is 10.1. The van der Waals surface area contributed by atoms with Gasteiger partial charge in [-0.15, -0.1) is 0 Å². The second-order valence-electron chi connectivity index (χ2n) is 5.78. The SMILES string of the molecule is Cc1ccc(C#CCCO)c(NS(=O)(=O)NC(C)(C)C)c1. The summed E-state index contributed by atoms with van der Waals surface area (Å²) in [7, 11) is -3.68. The third-order valence-electron chi connectivity index (χ3n) is 2.32. The van der Waals surface area contributed by atoms with Gasteiger partial charge in [-0.25, -0.2) is 0 Å². The highest BCUT2D eigenvalue weighted by Gasteiger charge is 2.20. The van der Waals surface area contributed by atoms with Crippen LogP contribution in [0.25, 0.3) is 0 Å². The summed E-state index contributed by atoms with van der Waals surface area (Å²) in [6, 6.07) is 5.34. The second-order valence-corrected chi connectivity index (χ2v) is 7.20. The molecule has 0 saturated carbocycles. The maximum Gasteiger partial charge on any atom is 0.299 e. The Morgan fingerprint density at radius 2 is 1.95 bits per heavy atom. The first-order valence-corrected chi connectivity index (χ1v) is 8.13. The fraction of sp³-hybridized carbons (Fsp3) is 0.467. The van der Waals surface area contributed by atoms with Crippen LogP contribution in [0.3, 0.4) is 0 Å². The van der Waals surface area contributed by atoms with Gasteiger partial charge >= 0.3 is 0 Å². The standard InChI is InChI=1S/C15H22N2O3S/c1-12-8-9-13(7-5-6-10-18)14(11-12)16-21(19,20)17-15(2,3)4/h8-9,11,16-18H,6,10H2,1-4H3. The van der Waals surface area contributed by atoms with E-state index < -0.39 is 15.7 Å². The minimum Gasteiger partial charge on any atom is -0.395 e. The van der Waals surface area contributed by atoms with Crippen LogP contribution in [0.4, 0.5) is 5.69 Å². The number of aliphatic hydroxyl groups excluding tert-OH is 1. The Balaban J connectivity index is 3.07. The molecule has 5 nitrogen and oxygen atoms in total. The maximum absolute atomic E-state index is 12.1. The van der Waals surface area contributed by atoms with Crippen LogP contribution in [0.5, 0.6) is 0 Å². The van der Waals surface area contributed by atoms with E-state index in [-0.39, 0.29) is 6.61 Å². The molecule has 1 aromatic rings. The number of aliphatic hydroxyl groups is 1. The molecule has 0 aliphatic heterocycles. The Morgan fingerprint density at radius 3 is 2.52 bits per heavy atom. The van der Waals surface area contributed by atoms with Crippen LogP contribution in [0.1, 0.15) is 38.3 Å². The third kappa shape index (κ3) is 6.63. The highest BCUT2D eigenvalue weighted by atomic mass is 32.2. The molecule has 0 unspecified atom stereocenters. The van der Waals surface area contributed by atoms with E-state index in [0.717, 1.165) is 5.56 Å². The number of hydrogen-bond donors (Lipinski definition) is 3. The molecule has 0 aliphatic rings. The molecule has 1 rings (SSSR count). The van der Waals surface area contributed by atoms with Gasteiger partial charge in [0.2, 0.25) is 0 Å². The zero-order valence-electron chi connectivity index (χ0n) is 12.8. The summed E-state index contributed by atoms with van der Waals surface area (Å²) in [6.07, 6.45) is 0.348. The minimum absolute atomic E-state index is 0.0223. The molecule has 0 atom stereocenters. The predicted octanol–water partition coefficient (Wildman–Crippen LogP) is 1.77. The molecule has 0 spiro atoms. The highest BCUT2D eigenvalue weighted by Crippen LogP contribution is 2.18. The first-order valence-electron chi connectivity index (χ1n) is 6.65. The van der Waals surface area contributed by atoms with Crippen LogP contribution < -0.4 is 9.44 Å². The van der Waals surface area contributed by atoms with Gasteiger partial charge in [0.05, 0.1) is 12.3 Å². The van der Waals surface area contributed by atoms with Crippen molar-refractivity contribution in [3.63, 3.8) is 0 Å². The molecule has 0 fully saturated rings. The molecule has 21 heavy (non-hydrogen) atoms. The van der Waals surface area contributed by atoms with Crippen LogP contribution in [0.15, 0.2) is 18.2 Å². The van der Waals surface area contributed by atoms with Crippen LogP contribution >= 0.6 is 0 Å². The fourth-order valence-electron chi connectivity index (χ4n) is 1.64. The van der Waals surface area contributed by atoms with E-state index in [2.05, 4.69) is 21.3 Å². The van der Waals surface area contributed by atoms with Crippen molar-refractivity contribution in [3.8, 4) is 11.8 Å². The van der Waals surface area contributed by atoms with Crippen molar-refractivity contribution in [1.82, 2.24) is 4.72 Å². The Hall–Kier alpha value is -1.55. The molecule has 0 heterocycles. The largest absolute Gasteiger partial charge is 0.395 e. The van der Waals surface area contributed by atoms with Gasteiger partial charge in [0.15, 0.2) is 0 Å². The summed E-state index contributed by atoms with van der Waals surface area (Å²) in [5.74, 6) is 5.65. The molecule has 0 bridgehead atoms. The molecular formula is C15H22N2O3S. The monoisotopic (exact) mass is 310 g/mol. The average Bonchev–Trinajstić information content (AvgIpc) is 2.28. The summed E-state index contributed by atoms with van der Waals surface area (Å²) >= 11 is 0. The van der Waals surface area contributed by atoms with Crippen molar-refractivity contribution in [2.24, 2.45) is 0 Å². The molecular weight excluding hydrogens is 288 g/mol. The van der Waals surface area contributed by atoms with Crippen molar-refractivity contribution in [3.05, 3.63) is 29.3 Å². The van der Waals surface area contributed by atoms with Gasteiger partial charge in [0, 0.05) is 17.5 Å². The van der Waals surface area contributed by atoms with E-state index in [1.54, 1.807) is 32.9 Å².